The Bertz CT molecular complexity index is 853. The predicted octanol–water partition coefficient (Wildman–Crippen LogP) is 2.86. The molecule has 7 nitrogen and oxygen atoms in total. The van der Waals surface area contributed by atoms with Gasteiger partial charge in [-0.05, 0) is 36.8 Å². The first-order valence-corrected chi connectivity index (χ1v) is 7.68. The molecule has 0 aromatic heterocycles. The predicted molar refractivity (Wildman–Crippen MR) is 91.0 cm³/mol. The summed E-state index contributed by atoms with van der Waals surface area (Å²) in [5.74, 6) is -1.61. The highest BCUT2D eigenvalue weighted by molar-refractivity contribution is 5.91. The van der Waals surface area contributed by atoms with Crippen molar-refractivity contribution >= 4 is 17.6 Å². The van der Waals surface area contributed by atoms with Crippen molar-refractivity contribution in [3.05, 3.63) is 75.1 Å². The Kier molecular flexibility index (Phi) is 6.00. The molecular formula is C18H17FN2O5. The van der Waals surface area contributed by atoms with E-state index in [0.29, 0.717) is 11.1 Å². The molecule has 0 aliphatic heterocycles. The van der Waals surface area contributed by atoms with Crippen molar-refractivity contribution in [1.29, 1.82) is 0 Å². The zero-order chi connectivity index (χ0) is 19.3. The molecule has 0 aliphatic carbocycles. The van der Waals surface area contributed by atoms with Gasteiger partial charge in [0.05, 0.1) is 10.5 Å². The number of ether oxygens (including phenoxy) is 1. The summed E-state index contributed by atoms with van der Waals surface area (Å²) in [7, 11) is 1.51. The first kappa shape index (κ1) is 19.0. The summed E-state index contributed by atoms with van der Waals surface area (Å²) in [6.45, 7) is 1.19. The summed E-state index contributed by atoms with van der Waals surface area (Å²) in [5.41, 5.74) is 0.943. The van der Waals surface area contributed by atoms with E-state index in [4.69, 9.17) is 4.74 Å². The third-order valence-electron chi connectivity index (χ3n) is 3.69. The number of nitrogens with zero attached hydrogens (tertiary/aromatic N) is 2. The van der Waals surface area contributed by atoms with Crippen LogP contribution in [0.15, 0.2) is 42.5 Å². The van der Waals surface area contributed by atoms with Crippen LogP contribution in [0.3, 0.4) is 0 Å². The molecule has 0 heterocycles. The summed E-state index contributed by atoms with van der Waals surface area (Å²) in [6, 6.07) is 9.66. The molecule has 26 heavy (non-hydrogen) atoms. The van der Waals surface area contributed by atoms with Gasteiger partial charge >= 0.3 is 5.97 Å². The van der Waals surface area contributed by atoms with Crippen molar-refractivity contribution in [2.45, 2.75) is 13.5 Å². The molecule has 2 rings (SSSR count). The average Bonchev–Trinajstić information content (AvgIpc) is 2.58. The molecule has 0 N–H and O–H groups in total. The van der Waals surface area contributed by atoms with Crippen molar-refractivity contribution in [3.63, 3.8) is 0 Å². The van der Waals surface area contributed by atoms with E-state index in [1.807, 2.05) is 0 Å². The minimum atomic E-state index is -0.754. The Hall–Kier alpha value is -3.29. The Morgan fingerprint density at radius 3 is 2.58 bits per heavy atom. The van der Waals surface area contributed by atoms with E-state index in [2.05, 4.69) is 0 Å². The number of hydrogen-bond acceptors (Lipinski definition) is 5. The van der Waals surface area contributed by atoms with Crippen LogP contribution < -0.4 is 0 Å². The SMILES string of the molecule is Cc1cc(C(=O)OCC(=O)N(C)Cc2cccc(F)c2)ccc1[N+](=O)[O-]. The number of carbonyl (C=O) groups is 2. The van der Waals surface area contributed by atoms with Crippen molar-refractivity contribution in [3.8, 4) is 0 Å². The van der Waals surface area contributed by atoms with Crippen molar-refractivity contribution < 1.29 is 23.6 Å². The molecule has 0 aliphatic rings. The summed E-state index contributed by atoms with van der Waals surface area (Å²) >= 11 is 0. The number of aryl methyl sites for hydroxylation is 1. The molecule has 2 aromatic rings. The summed E-state index contributed by atoms with van der Waals surface area (Å²) in [6.07, 6.45) is 0. The lowest BCUT2D eigenvalue weighted by molar-refractivity contribution is -0.385. The Morgan fingerprint density at radius 2 is 1.96 bits per heavy atom. The van der Waals surface area contributed by atoms with Gasteiger partial charge in [0.25, 0.3) is 11.6 Å². The van der Waals surface area contributed by atoms with Gasteiger partial charge in [0.15, 0.2) is 6.61 Å². The molecule has 0 saturated heterocycles. The number of benzene rings is 2. The fourth-order valence-corrected chi connectivity index (χ4v) is 2.31. The highest BCUT2D eigenvalue weighted by atomic mass is 19.1. The lowest BCUT2D eigenvalue weighted by Gasteiger charge is -2.17. The molecule has 136 valence electrons. The minimum absolute atomic E-state index is 0.104. The highest BCUT2D eigenvalue weighted by Crippen LogP contribution is 2.19. The van der Waals surface area contributed by atoms with Crippen molar-refractivity contribution in [2.75, 3.05) is 13.7 Å². The third-order valence-corrected chi connectivity index (χ3v) is 3.69. The summed E-state index contributed by atoms with van der Waals surface area (Å²) in [5, 5.41) is 10.8. The van der Waals surface area contributed by atoms with Gasteiger partial charge in [-0.3, -0.25) is 14.9 Å². The zero-order valence-electron chi connectivity index (χ0n) is 14.3. The van der Waals surface area contributed by atoms with Crippen LogP contribution in [0.2, 0.25) is 0 Å². The lowest BCUT2D eigenvalue weighted by atomic mass is 10.1. The second-order valence-corrected chi connectivity index (χ2v) is 5.71. The Morgan fingerprint density at radius 1 is 1.23 bits per heavy atom. The van der Waals surface area contributed by atoms with Gasteiger partial charge in [0, 0.05) is 25.2 Å². The minimum Gasteiger partial charge on any atom is -0.452 e. The molecule has 0 saturated carbocycles. The van der Waals surface area contributed by atoms with E-state index < -0.39 is 29.2 Å². The van der Waals surface area contributed by atoms with Crippen LogP contribution in [0.1, 0.15) is 21.5 Å². The second-order valence-electron chi connectivity index (χ2n) is 5.71. The van der Waals surface area contributed by atoms with E-state index in [-0.39, 0.29) is 17.8 Å². The van der Waals surface area contributed by atoms with Crippen LogP contribution in [-0.2, 0) is 16.1 Å². The molecule has 0 unspecified atom stereocenters. The average molecular weight is 360 g/mol. The summed E-state index contributed by atoms with van der Waals surface area (Å²) in [4.78, 5) is 35.6. The largest absolute Gasteiger partial charge is 0.452 e. The maximum atomic E-state index is 13.2. The van der Waals surface area contributed by atoms with Crippen molar-refractivity contribution in [1.82, 2.24) is 4.90 Å². The number of carbonyl (C=O) groups excluding carboxylic acids is 2. The second kappa shape index (κ2) is 8.19. The Balaban J connectivity index is 1.93. The van der Waals surface area contributed by atoms with Gasteiger partial charge in [-0.15, -0.1) is 0 Å². The molecule has 2 aromatic carbocycles. The number of amides is 1. The maximum absolute atomic E-state index is 13.2. The van der Waals surface area contributed by atoms with Crippen LogP contribution in [-0.4, -0.2) is 35.4 Å². The van der Waals surface area contributed by atoms with Gasteiger partial charge in [-0.25, -0.2) is 9.18 Å². The molecule has 1 amide bonds. The lowest BCUT2D eigenvalue weighted by Crippen LogP contribution is -2.30. The number of likely N-dealkylation sites (N-methyl/N-ethyl adjacent to an activating group) is 1. The van der Waals surface area contributed by atoms with E-state index in [9.17, 15) is 24.1 Å². The number of halogens is 1. The van der Waals surface area contributed by atoms with Gasteiger partial charge in [-0.2, -0.15) is 0 Å². The van der Waals surface area contributed by atoms with E-state index in [0.717, 1.165) is 0 Å². The van der Waals surface area contributed by atoms with Gasteiger partial charge in [0.1, 0.15) is 5.82 Å². The molecular weight excluding hydrogens is 343 g/mol. The molecule has 0 bridgehead atoms. The van der Waals surface area contributed by atoms with E-state index in [1.165, 1.54) is 49.2 Å². The molecule has 0 radical (unpaired) electrons. The normalized spacial score (nSPS) is 10.3. The molecule has 0 atom stereocenters. The van der Waals surface area contributed by atoms with Gasteiger partial charge in [0.2, 0.25) is 0 Å². The number of esters is 1. The number of hydrogen-bond donors (Lipinski definition) is 0. The number of nitro benzene ring substituents is 1. The molecule has 8 heteroatoms. The Labute approximate surface area is 149 Å². The first-order chi connectivity index (χ1) is 12.3. The number of nitro groups is 1. The first-order valence-electron chi connectivity index (χ1n) is 7.68. The summed E-state index contributed by atoms with van der Waals surface area (Å²) < 4.78 is 18.1. The van der Waals surface area contributed by atoms with Crippen molar-refractivity contribution in [2.24, 2.45) is 0 Å². The third kappa shape index (κ3) is 4.85. The van der Waals surface area contributed by atoms with Crippen LogP contribution in [0.5, 0.6) is 0 Å². The fraction of sp³-hybridized carbons (Fsp3) is 0.222. The van der Waals surface area contributed by atoms with E-state index in [1.54, 1.807) is 12.1 Å². The van der Waals surface area contributed by atoms with Crippen LogP contribution in [0.4, 0.5) is 10.1 Å². The van der Waals surface area contributed by atoms with Gasteiger partial charge < -0.3 is 9.64 Å². The van der Waals surface area contributed by atoms with Gasteiger partial charge in [-0.1, -0.05) is 12.1 Å². The van der Waals surface area contributed by atoms with Crippen LogP contribution in [0.25, 0.3) is 0 Å². The molecule has 0 fully saturated rings. The smallest absolute Gasteiger partial charge is 0.338 e. The fourth-order valence-electron chi connectivity index (χ4n) is 2.31. The quantitative estimate of drug-likeness (QED) is 0.449. The number of rotatable bonds is 6. The highest BCUT2D eigenvalue weighted by Gasteiger charge is 2.17. The molecule has 0 spiro atoms. The van der Waals surface area contributed by atoms with E-state index >= 15 is 0 Å². The maximum Gasteiger partial charge on any atom is 0.338 e. The topological polar surface area (TPSA) is 89.8 Å². The zero-order valence-corrected chi connectivity index (χ0v) is 14.3. The van der Waals surface area contributed by atoms with Crippen LogP contribution >= 0.6 is 0 Å². The monoisotopic (exact) mass is 360 g/mol. The van der Waals surface area contributed by atoms with Crippen LogP contribution in [0, 0.1) is 22.9 Å². The standard InChI is InChI=1S/C18H17FN2O5/c1-12-8-14(6-7-16(12)21(24)25)18(23)26-11-17(22)20(2)10-13-4-3-5-15(19)9-13/h3-9H,10-11H2,1-2H3.